The number of benzene rings is 2. The van der Waals surface area contributed by atoms with Gasteiger partial charge >= 0.3 is 0 Å². The van der Waals surface area contributed by atoms with E-state index >= 15 is 0 Å². The van der Waals surface area contributed by atoms with Gasteiger partial charge in [0.1, 0.15) is 5.56 Å². The molecule has 4 nitrogen and oxygen atoms in total. The average Bonchev–Trinajstić information content (AvgIpc) is 2.58. The molecule has 3 rings (SSSR count). The van der Waals surface area contributed by atoms with Crippen molar-refractivity contribution in [2.45, 2.75) is 0 Å². The Bertz CT molecular complexity index is 1030. The molecule has 1 amide bonds. The summed E-state index contributed by atoms with van der Waals surface area (Å²) in [5, 5.41) is 2.41. The Hall–Kier alpha value is -3.09. The fourth-order valence-corrected chi connectivity index (χ4v) is 2.41. The Kier molecular flexibility index (Phi) is 3.84. The van der Waals surface area contributed by atoms with Gasteiger partial charge in [0.2, 0.25) is 5.43 Å². The van der Waals surface area contributed by atoms with Crippen LogP contribution in [0.2, 0.25) is 0 Å². The molecule has 0 spiro atoms. The lowest BCUT2D eigenvalue weighted by molar-refractivity contribution is 0.102. The van der Waals surface area contributed by atoms with Crippen LogP contribution in [0.4, 0.5) is 18.9 Å². The molecule has 0 aliphatic rings. The first-order valence-electron chi connectivity index (χ1n) is 6.93. The zero-order chi connectivity index (χ0) is 17.4. The van der Waals surface area contributed by atoms with Gasteiger partial charge < -0.3 is 9.88 Å². The number of aryl methyl sites for hydroxylation is 1. The fourth-order valence-electron chi connectivity index (χ4n) is 2.41. The Morgan fingerprint density at radius 3 is 2.50 bits per heavy atom. The lowest BCUT2D eigenvalue weighted by Gasteiger charge is -2.10. The number of nitrogens with zero attached hydrogens (tertiary/aromatic N) is 1. The van der Waals surface area contributed by atoms with Crippen LogP contribution in [0.1, 0.15) is 10.4 Å². The number of pyridine rings is 1. The van der Waals surface area contributed by atoms with E-state index in [2.05, 4.69) is 5.32 Å². The van der Waals surface area contributed by atoms with Gasteiger partial charge in [0.05, 0.1) is 11.2 Å². The van der Waals surface area contributed by atoms with E-state index in [1.165, 1.54) is 6.20 Å². The average molecular weight is 332 g/mol. The predicted octanol–water partition coefficient (Wildman–Crippen LogP) is 3.21. The van der Waals surface area contributed by atoms with E-state index in [1.54, 1.807) is 35.9 Å². The van der Waals surface area contributed by atoms with Crippen LogP contribution in [-0.2, 0) is 7.05 Å². The number of anilines is 1. The highest BCUT2D eigenvalue weighted by Crippen LogP contribution is 2.20. The summed E-state index contributed by atoms with van der Waals surface area (Å²) in [5.74, 6) is -5.50. The topological polar surface area (TPSA) is 51.1 Å². The van der Waals surface area contributed by atoms with Gasteiger partial charge in [-0.25, -0.2) is 13.2 Å². The SMILES string of the molecule is Cn1cc(C(=O)Nc2ccc(F)c(F)c2F)c(=O)c2ccccc21. The molecule has 0 aliphatic carbocycles. The summed E-state index contributed by atoms with van der Waals surface area (Å²) < 4.78 is 41.4. The molecule has 0 bridgehead atoms. The maximum Gasteiger partial charge on any atom is 0.261 e. The fraction of sp³-hybridized carbons (Fsp3) is 0.0588. The van der Waals surface area contributed by atoms with Crippen molar-refractivity contribution in [3.63, 3.8) is 0 Å². The van der Waals surface area contributed by atoms with Crippen LogP contribution in [0.25, 0.3) is 10.9 Å². The summed E-state index contributed by atoms with van der Waals surface area (Å²) in [6, 6.07) is 8.25. The Labute approximate surface area is 134 Å². The van der Waals surface area contributed by atoms with Crippen LogP contribution < -0.4 is 10.7 Å². The normalized spacial score (nSPS) is 10.8. The van der Waals surface area contributed by atoms with Crippen LogP contribution in [0.5, 0.6) is 0 Å². The van der Waals surface area contributed by atoms with Crippen molar-refractivity contribution in [3.8, 4) is 0 Å². The largest absolute Gasteiger partial charge is 0.350 e. The number of hydrogen-bond acceptors (Lipinski definition) is 2. The van der Waals surface area contributed by atoms with Gasteiger partial charge in [0.15, 0.2) is 17.5 Å². The number of fused-ring (bicyclic) bond motifs is 1. The molecular formula is C17H11F3N2O2. The van der Waals surface area contributed by atoms with Crippen molar-refractivity contribution in [1.82, 2.24) is 4.57 Å². The lowest BCUT2D eigenvalue weighted by Crippen LogP contribution is -2.24. The highest BCUT2D eigenvalue weighted by atomic mass is 19.2. The second kappa shape index (κ2) is 5.84. The second-order valence-corrected chi connectivity index (χ2v) is 5.18. The van der Waals surface area contributed by atoms with Gasteiger partial charge in [-0.05, 0) is 24.3 Å². The molecule has 0 atom stereocenters. The van der Waals surface area contributed by atoms with Crippen molar-refractivity contribution < 1.29 is 18.0 Å². The Balaban J connectivity index is 2.06. The van der Waals surface area contributed by atoms with Crippen LogP contribution in [-0.4, -0.2) is 10.5 Å². The number of amides is 1. The summed E-state index contributed by atoms with van der Waals surface area (Å²) in [5.41, 5.74) is -0.698. The second-order valence-electron chi connectivity index (χ2n) is 5.18. The van der Waals surface area contributed by atoms with Crippen LogP contribution in [0, 0.1) is 17.5 Å². The molecule has 0 saturated carbocycles. The Morgan fingerprint density at radius 2 is 1.75 bits per heavy atom. The molecule has 1 heterocycles. The zero-order valence-corrected chi connectivity index (χ0v) is 12.4. The minimum Gasteiger partial charge on any atom is -0.350 e. The first kappa shape index (κ1) is 15.8. The molecule has 24 heavy (non-hydrogen) atoms. The molecule has 1 aromatic heterocycles. The minimum absolute atomic E-state index is 0.236. The van der Waals surface area contributed by atoms with Gasteiger partial charge in [0, 0.05) is 18.6 Å². The molecule has 3 aromatic rings. The van der Waals surface area contributed by atoms with Crippen LogP contribution in [0.3, 0.4) is 0 Å². The summed E-state index contributed by atoms with van der Waals surface area (Å²) in [7, 11) is 1.65. The molecule has 0 fully saturated rings. The summed E-state index contributed by atoms with van der Waals surface area (Å²) >= 11 is 0. The van der Waals surface area contributed by atoms with E-state index in [-0.39, 0.29) is 5.56 Å². The van der Waals surface area contributed by atoms with Crippen molar-refractivity contribution >= 4 is 22.5 Å². The molecule has 0 unspecified atom stereocenters. The van der Waals surface area contributed by atoms with Gasteiger partial charge in [-0.1, -0.05) is 12.1 Å². The molecular weight excluding hydrogens is 321 g/mol. The van der Waals surface area contributed by atoms with Gasteiger partial charge in [-0.2, -0.15) is 0 Å². The molecule has 0 aliphatic heterocycles. The summed E-state index contributed by atoms with van der Waals surface area (Å²) in [4.78, 5) is 24.7. The number of rotatable bonds is 2. The van der Waals surface area contributed by atoms with Crippen molar-refractivity contribution in [1.29, 1.82) is 0 Å². The van der Waals surface area contributed by atoms with Crippen molar-refractivity contribution in [2.24, 2.45) is 7.05 Å². The molecule has 122 valence electrons. The first-order chi connectivity index (χ1) is 11.4. The number of para-hydroxylation sites is 1. The first-order valence-corrected chi connectivity index (χ1v) is 6.93. The molecule has 2 aromatic carbocycles. The maximum atomic E-state index is 13.7. The van der Waals surface area contributed by atoms with Gasteiger partial charge in [0.25, 0.3) is 5.91 Å². The third kappa shape index (κ3) is 2.54. The Morgan fingerprint density at radius 1 is 1.04 bits per heavy atom. The van der Waals surface area contributed by atoms with E-state index in [1.807, 2.05) is 0 Å². The quantitative estimate of drug-likeness (QED) is 0.733. The maximum absolute atomic E-state index is 13.7. The van der Waals surface area contributed by atoms with Gasteiger partial charge in [-0.3, -0.25) is 9.59 Å². The molecule has 0 saturated heterocycles. The van der Waals surface area contributed by atoms with Crippen molar-refractivity contribution in [3.05, 3.63) is 75.8 Å². The predicted molar refractivity (Wildman–Crippen MR) is 83.5 cm³/mol. The van der Waals surface area contributed by atoms with E-state index < -0.39 is 34.5 Å². The smallest absolute Gasteiger partial charge is 0.261 e. The lowest BCUT2D eigenvalue weighted by atomic mass is 10.1. The monoisotopic (exact) mass is 332 g/mol. The number of nitrogens with one attached hydrogen (secondary N) is 1. The number of carbonyl (C=O) groups is 1. The summed E-state index contributed by atoms with van der Waals surface area (Å²) in [6.45, 7) is 0. The molecule has 0 radical (unpaired) electrons. The van der Waals surface area contributed by atoms with Crippen molar-refractivity contribution in [2.75, 3.05) is 5.32 Å². The van der Waals surface area contributed by atoms with E-state index in [0.717, 1.165) is 6.07 Å². The number of carbonyl (C=O) groups excluding carboxylic acids is 1. The number of hydrogen-bond donors (Lipinski definition) is 1. The number of halogens is 3. The molecule has 7 heteroatoms. The number of aromatic nitrogens is 1. The van der Waals surface area contributed by atoms with E-state index in [4.69, 9.17) is 0 Å². The highest BCUT2D eigenvalue weighted by molar-refractivity contribution is 6.05. The highest BCUT2D eigenvalue weighted by Gasteiger charge is 2.19. The summed E-state index contributed by atoms with van der Waals surface area (Å²) in [6.07, 6.45) is 1.30. The third-order valence-corrected chi connectivity index (χ3v) is 3.62. The van der Waals surface area contributed by atoms with Crippen LogP contribution in [0.15, 0.2) is 47.4 Å². The third-order valence-electron chi connectivity index (χ3n) is 3.62. The van der Waals surface area contributed by atoms with Crippen LogP contribution >= 0.6 is 0 Å². The van der Waals surface area contributed by atoms with Gasteiger partial charge in [-0.15, -0.1) is 0 Å². The minimum atomic E-state index is -1.70. The van der Waals surface area contributed by atoms with E-state index in [0.29, 0.717) is 17.0 Å². The zero-order valence-electron chi connectivity index (χ0n) is 12.4. The molecule has 1 N–H and O–H groups in total. The standard InChI is InChI=1S/C17H11F3N2O2/c1-22-8-10(16(23)9-4-2-3-5-13(9)22)17(24)21-12-7-6-11(18)14(19)15(12)20/h2-8H,1H3,(H,21,24). The van der Waals surface area contributed by atoms with E-state index in [9.17, 15) is 22.8 Å².